The lowest BCUT2D eigenvalue weighted by atomic mass is 10.2. The number of aliphatic hydroxyl groups excluding tert-OH is 1. The van der Waals surface area contributed by atoms with Crippen LogP contribution in [0.3, 0.4) is 0 Å². The highest BCUT2D eigenvalue weighted by molar-refractivity contribution is 4.69. The van der Waals surface area contributed by atoms with Crippen LogP contribution in [0.4, 0.5) is 13.2 Å². The standard InChI is InChI=1S/C9H19F3N2O/c1-13-8(3-6-15)7-14(2)5-4-9(10,11)12/h8,13,15H,3-7H2,1-2H3. The highest BCUT2D eigenvalue weighted by atomic mass is 19.4. The molecule has 0 aliphatic heterocycles. The van der Waals surface area contributed by atoms with Crippen molar-refractivity contribution in [1.82, 2.24) is 10.2 Å². The quantitative estimate of drug-likeness (QED) is 0.678. The van der Waals surface area contributed by atoms with E-state index in [0.29, 0.717) is 13.0 Å². The second-order valence-electron chi connectivity index (χ2n) is 3.63. The lowest BCUT2D eigenvalue weighted by Crippen LogP contribution is -2.39. The molecule has 0 aromatic rings. The van der Waals surface area contributed by atoms with Crippen LogP contribution >= 0.6 is 0 Å². The predicted molar refractivity (Wildman–Crippen MR) is 52.7 cm³/mol. The number of likely N-dealkylation sites (N-methyl/N-ethyl adjacent to an activating group) is 2. The molecule has 92 valence electrons. The van der Waals surface area contributed by atoms with E-state index < -0.39 is 12.6 Å². The summed E-state index contributed by atoms with van der Waals surface area (Å²) in [5, 5.41) is 11.6. The van der Waals surface area contributed by atoms with Gasteiger partial charge in [0.2, 0.25) is 0 Å². The molecular weight excluding hydrogens is 209 g/mol. The summed E-state index contributed by atoms with van der Waals surface area (Å²) in [6.07, 6.45) is -4.34. The van der Waals surface area contributed by atoms with Crippen molar-refractivity contribution >= 4 is 0 Å². The third-order valence-electron chi connectivity index (χ3n) is 2.19. The van der Waals surface area contributed by atoms with Gasteiger partial charge in [0.25, 0.3) is 0 Å². The Hall–Kier alpha value is -0.330. The van der Waals surface area contributed by atoms with E-state index in [1.54, 1.807) is 19.0 Å². The molecule has 0 saturated carbocycles. The second kappa shape index (κ2) is 7.03. The fraction of sp³-hybridized carbons (Fsp3) is 1.00. The molecule has 0 aromatic heterocycles. The maximum atomic E-state index is 11.9. The molecule has 6 heteroatoms. The Balaban J connectivity index is 3.75. The van der Waals surface area contributed by atoms with E-state index >= 15 is 0 Å². The minimum Gasteiger partial charge on any atom is -0.396 e. The van der Waals surface area contributed by atoms with Gasteiger partial charge >= 0.3 is 6.18 Å². The Bertz CT molecular complexity index is 164. The van der Waals surface area contributed by atoms with E-state index in [4.69, 9.17) is 5.11 Å². The topological polar surface area (TPSA) is 35.5 Å². The molecule has 0 rings (SSSR count). The van der Waals surface area contributed by atoms with Gasteiger partial charge in [-0.15, -0.1) is 0 Å². The van der Waals surface area contributed by atoms with Gasteiger partial charge in [-0.05, 0) is 20.5 Å². The number of nitrogens with zero attached hydrogens (tertiary/aromatic N) is 1. The van der Waals surface area contributed by atoms with Crippen molar-refractivity contribution < 1.29 is 18.3 Å². The first-order valence-corrected chi connectivity index (χ1v) is 4.92. The highest BCUT2D eigenvalue weighted by Gasteiger charge is 2.27. The fourth-order valence-electron chi connectivity index (χ4n) is 1.27. The van der Waals surface area contributed by atoms with E-state index in [-0.39, 0.29) is 19.2 Å². The van der Waals surface area contributed by atoms with Crippen LogP contribution in [0.1, 0.15) is 12.8 Å². The molecule has 0 aliphatic carbocycles. The third-order valence-corrected chi connectivity index (χ3v) is 2.19. The molecule has 15 heavy (non-hydrogen) atoms. The number of alkyl halides is 3. The molecule has 0 radical (unpaired) electrons. The van der Waals surface area contributed by atoms with E-state index in [9.17, 15) is 13.2 Å². The Morgan fingerprint density at radius 1 is 1.40 bits per heavy atom. The van der Waals surface area contributed by atoms with Crippen LogP contribution in [0.5, 0.6) is 0 Å². The normalized spacial score (nSPS) is 14.6. The van der Waals surface area contributed by atoms with Crippen molar-refractivity contribution in [3.05, 3.63) is 0 Å². The van der Waals surface area contributed by atoms with Crippen molar-refractivity contribution in [3.8, 4) is 0 Å². The SMILES string of the molecule is CNC(CCO)CN(C)CCC(F)(F)F. The molecule has 3 nitrogen and oxygen atoms in total. The van der Waals surface area contributed by atoms with Crippen LogP contribution in [-0.4, -0.2) is 56.0 Å². The molecule has 1 atom stereocenters. The van der Waals surface area contributed by atoms with Gasteiger partial charge in [0.05, 0.1) is 6.42 Å². The van der Waals surface area contributed by atoms with Crippen LogP contribution in [0, 0.1) is 0 Å². The third kappa shape index (κ3) is 8.65. The summed E-state index contributed by atoms with van der Waals surface area (Å²) in [5.41, 5.74) is 0. The van der Waals surface area contributed by atoms with Gasteiger partial charge in [-0.25, -0.2) is 0 Å². The van der Waals surface area contributed by atoms with Gasteiger partial charge in [-0.3, -0.25) is 0 Å². The van der Waals surface area contributed by atoms with E-state index in [1.165, 1.54) is 0 Å². The molecule has 0 bridgehead atoms. The number of hydrogen-bond donors (Lipinski definition) is 2. The maximum Gasteiger partial charge on any atom is 0.390 e. The lowest BCUT2D eigenvalue weighted by Gasteiger charge is -2.23. The zero-order chi connectivity index (χ0) is 11.9. The smallest absolute Gasteiger partial charge is 0.390 e. The van der Waals surface area contributed by atoms with Gasteiger partial charge in [-0.1, -0.05) is 0 Å². The van der Waals surface area contributed by atoms with Crippen LogP contribution in [-0.2, 0) is 0 Å². The van der Waals surface area contributed by atoms with Gasteiger partial charge in [0.15, 0.2) is 0 Å². The summed E-state index contributed by atoms with van der Waals surface area (Å²) in [4.78, 5) is 1.62. The van der Waals surface area contributed by atoms with Crippen molar-refractivity contribution in [3.63, 3.8) is 0 Å². The van der Waals surface area contributed by atoms with Crippen molar-refractivity contribution in [2.75, 3.05) is 33.8 Å². The molecule has 0 fully saturated rings. The number of rotatable bonds is 7. The van der Waals surface area contributed by atoms with Crippen LogP contribution in [0.25, 0.3) is 0 Å². The summed E-state index contributed by atoms with van der Waals surface area (Å²) in [6.45, 7) is 0.541. The highest BCUT2D eigenvalue weighted by Crippen LogP contribution is 2.19. The Morgan fingerprint density at radius 2 is 2.00 bits per heavy atom. The van der Waals surface area contributed by atoms with E-state index in [2.05, 4.69) is 5.32 Å². The molecule has 0 aliphatic rings. The van der Waals surface area contributed by atoms with Crippen LogP contribution in [0.15, 0.2) is 0 Å². The average molecular weight is 228 g/mol. The Kier molecular flexibility index (Phi) is 6.87. The number of nitrogens with one attached hydrogen (secondary N) is 1. The van der Waals surface area contributed by atoms with E-state index in [1.807, 2.05) is 0 Å². The molecule has 0 amide bonds. The van der Waals surface area contributed by atoms with Gasteiger partial charge in [0.1, 0.15) is 0 Å². The first kappa shape index (κ1) is 14.7. The van der Waals surface area contributed by atoms with Crippen molar-refractivity contribution in [2.24, 2.45) is 0 Å². The molecule has 1 unspecified atom stereocenters. The molecule has 0 saturated heterocycles. The van der Waals surface area contributed by atoms with Crippen LogP contribution < -0.4 is 5.32 Å². The lowest BCUT2D eigenvalue weighted by molar-refractivity contribution is -0.137. The monoisotopic (exact) mass is 228 g/mol. The molecule has 2 N–H and O–H groups in total. The van der Waals surface area contributed by atoms with Crippen molar-refractivity contribution in [1.29, 1.82) is 0 Å². The minimum atomic E-state index is -4.10. The summed E-state index contributed by atoms with van der Waals surface area (Å²) in [5.74, 6) is 0. The number of hydrogen-bond acceptors (Lipinski definition) is 3. The number of halogens is 3. The molecule has 0 aromatic carbocycles. The molecule has 0 heterocycles. The fourth-order valence-corrected chi connectivity index (χ4v) is 1.27. The summed E-state index contributed by atoms with van der Waals surface area (Å²) in [7, 11) is 3.38. The number of aliphatic hydroxyl groups is 1. The molecular formula is C9H19F3N2O. The molecule has 0 spiro atoms. The Labute approximate surface area is 88.3 Å². The zero-order valence-corrected chi connectivity index (χ0v) is 9.14. The second-order valence-corrected chi connectivity index (χ2v) is 3.63. The van der Waals surface area contributed by atoms with Gasteiger partial charge in [0, 0.05) is 25.7 Å². The van der Waals surface area contributed by atoms with Crippen LogP contribution in [0.2, 0.25) is 0 Å². The van der Waals surface area contributed by atoms with Gasteiger partial charge < -0.3 is 15.3 Å². The van der Waals surface area contributed by atoms with E-state index in [0.717, 1.165) is 0 Å². The Morgan fingerprint density at radius 3 is 2.40 bits per heavy atom. The zero-order valence-electron chi connectivity index (χ0n) is 9.14. The predicted octanol–water partition coefficient (Wildman–Crippen LogP) is 0.841. The van der Waals surface area contributed by atoms with Crippen molar-refractivity contribution in [2.45, 2.75) is 25.1 Å². The summed E-state index contributed by atoms with van der Waals surface area (Å²) in [6, 6.07) is 0.0354. The first-order chi connectivity index (χ1) is 6.89. The first-order valence-electron chi connectivity index (χ1n) is 4.92. The average Bonchev–Trinajstić information content (AvgIpc) is 2.13. The van der Waals surface area contributed by atoms with Gasteiger partial charge in [-0.2, -0.15) is 13.2 Å². The largest absolute Gasteiger partial charge is 0.396 e. The summed E-state index contributed by atoms with van der Waals surface area (Å²) < 4.78 is 35.7. The maximum absolute atomic E-state index is 11.9. The minimum absolute atomic E-state index is 0.00684. The summed E-state index contributed by atoms with van der Waals surface area (Å²) >= 11 is 0.